The summed E-state index contributed by atoms with van der Waals surface area (Å²) >= 11 is 0. The van der Waals surface area contributed by atoms with Crippen LogP contribution in [0.1, 0.15) is 33.6 Å². The van der Waals surface area contributed by atoms with Crippen molar-refractivity contribution in [1.29, 1.82) is 0 Å². The van der Waals surface area contributed by atoms with Crippen molar-refractivity contribution in [3.8, 4) is 0 Å². The summed E-state index contributed by atoms with van der Waals surface area (Å²) in [7, 11) is 0. The first-order chi connectivity index (χ1) is 6.61. The Labute approximate surface area is 87.6 Å². The molecule has 0 unspecified atom stereocenters. The second-order valence-corrected chi connectivity index (χ2v) is 5.44. The number of hydrogen-bond acceptors (Lipinski definition) is 2. The molecule has 97 valence electrons. The third-order valence-electron chi connectivity index (χ3n) is 3.59. The van der Waals surface area contributed by atoms with E-state index in [9.17, 15) is 0 Å². The molecule has 2 nitrogen and oxygen atoms in total. The summed E-state index contributed by atoms with van der Waals surface area (Å²) in [6, 6.07) is 0.679. The maximum absolute atomic E-state index is 5.41. The molecule has 0 bridgehead atoms. The van der Waals surface area contributed by atoms with Crippen LogP contribution in [0.3, 0.4) is 0 Å². The molecule has 2 rings (SSSR count). The van der Waals surface area contributed by atoms with Crippen LogP contribution in [0.15, 0.2) is 0 Å². The summed E-state index contributed by atoms with van der Waals surface area (Å²) in [5, 5.41) is 0. The second kappa shape index (κ2) is 4.19. The molecule has 0 atom stereocenters. The summed E-state index contributed by atoms with van der Waals surface area (Å²) in [6.07, 6.45) is 2.57. The summed E-state index contributed by atoms with van der Waals surface area (Å²) in [6.45, 7) is 11.3. The van der Waals surface area contributed by atoms with Crippen molar-refractivity contribution in [1.82, 2.24) is 4.90 Å². The summed E-state index contributed by atoms with van der Waals surface area (Å²) in [5.74, 6) is 1.66. The Balaban J connectivity index is 0.00000112. The fourth-order valence-corrected chi connectivity index (χ4v) is 2.65. The molecule has 2 heterocycles. The minimum absolute atomic E-state index is 0. The van der Waals surface area contributed by atoms with E-state index in [-0.39, 0.29) is 0 Å². The van der Waals surface area contributed by atoms with Crippen molar-refractivity contribution in [3.05, 3.63) is 5.92 Å². The molecule has 0 aromatic heterocycles. The molecule has 0 aromatic carbocycles. The zero-order valence-electron chi connectivity index (χ0n) is 9.93. The summed E-state index contributed by atoms with van der Waals surface area (Å²) in [4.78, 5) is 2.61. The summed E-state index contributed by atoms with van der Waals surface area (Å²) < 4.78 is 5.41. The quantitative estimate of drug-likeness (QED) is 0.559. The van der Waals surface area contributed by atoms with Gasteiger partial charge in [-0.15, -0.1) is 0 Å². The van der Waals surface area contributed by atoms with Gasteiger partial charge in [0.15, 0.2) is 0 Å². The van der Waals surface area contributed by atoms with Crippen LogP contribution in [0.4, 0.5) is 0 Å². The Hall–Kier alpha value is -1.08. The zero-order chi connectivity index (χ0) is 10.2. The van der Waals surface area contributed by atoms with Crippen molar-refractivity contribution < 1.29 is 4.74 Å². The van der Waals surface area contributed by atoms with Gasteiger partial charge >= 0.3 is 0 Å². The Morgan fingerprint density at radius 1 is 1.33 bits per heavy atom. The first kappa shape index (κ1) is 12.0. The molecule has 2 fully saturated rings. The van der Waals surface area contributed by atoms with Gasteiger partial charge in [-0.2, -0.15) is 19.8 Å². The van der Waals surface area contributed by atoms with E-state index < -0.39 is 0 Å². The van der Waals surface area contributed by atoms with Gasteiger partial charge in [0.25, 0.3) is 0 Å². The molecule has 15 heavy (non-hydrogen) atoms. The average Bonchev–Trinajstić information content (AvgIpc) is 2.23. The molecular weight excluding hydrogens is 436 g/mol. The van der Waals surface area contributed by atoms with Gasteiger partial charge in [-0.05, 0) is 20.4 Å². The van der Waals surface area contributed by atoms with E-state index >= 15 is 0 Å². The molecule has 0 N–H and O–H groups in total. The van der Waals surface area contributed by atoms with Crippen molar-refractivity contribution in [2.24, 2.45) is 5.41 Å². The fourth-order valence-electron chi connectivity index (χ4n) is 2.65. The maximum Gasteiger partial charge on any atom is 0.0532 e. The van der Waals surface area contributed by atoms with Crippen LogP contribution in [0.2, 0.25) is 0 Å². The van der Waals surface area contributed by atoms with Crippen LogP contribution >= 0.6 is 0 Å². The topological polar surface area (TPSA) is 12.5 Å². The van der Waals surface area contributed by atoms with Crippen molar-refractivity contribution in [3.63, 3.8) is 0 Å². The van der Waals surface area contributed by atoms with Gasteiger partial charge in [0.1, 0.15) is 0 Å². The molecule has 2 aliphatic rings. The fraction of sp³-hybridized carbons (Fsp3) is 0.917. The molecule has 0 aliphatic carbocycles. The number of rotatable bonds is 1. The molecule has 2 saturated heterocycles. The molecule has 0 amide bonds. The SMILES string of the molecule is C[C-]1CCN(C(C)C)CC2(COC2)C1.[Lr]. The normalized spacial score (nSPS) is 27.2. The molecular formula is C12H22LrNO-. The van der Waals surface area contributed by atoms with Crippen LogP contribution in [-0.2, 0) is 4.74 Å². The molecule has 2 aliphatic heterocycles. The van der Waals surface area contributed by atoms with Crippen molar-refractivity contribution in [2.75, 3.05) is 26.3 Å². The minimum atomic E-state index is 0. The van der Waals surface area contributed by atoms with E-state index in [1.807, 2.05) is 0 Å². The molecule has 1 spiro atoms. The van der Waals surface area contributed by atoms with Gasteiger partial charge < -0.3 is 15.6 Å². The molecule has 1 radical (unpaired) electrons. The van der Waals surface area contributed by atoms with E-state index in [0.29, 0.717) is 11.5 Å². The van der Waals surface area contributed by atoms with E-state index in [0.717, 1.165) is 13.2 Å². The Kier molecular flexibility index (Phi) is 3.35. The molecule has 0 aromatic rings. The molecule has 3 heteroatoms. The van der Waals surface area contributed by atoms with Crippen molar-refractivity contribution >= 4 is 0 Å². The number of likely N-dealkylation sites (tertiary alicyclic amines) is 1. The molecule has 0 saturated carbocycles. The van der Waals surface area contributed by atoms with Crippen LogP contribution in [0.5, 0.6) is 0 Å². The second-order valence-electron chi connectivity index (χ2n) is 5.44. The third kappa shape index (κ3) is 2.29. The van der Waals surface area contributed by atoms with E-state index in [4.69, 9.17) is 4.74 Å². The van der Waals surface area contributed by atoms with Crippen LogP contribution in [-0.4, -0.2) is 37.2 Å². The monoisotopic (exact) mass is 458 g/mol. The van der Waals surface area contributed by atoms with Gasteiger partial charge in [-0.3, -0.25) is 0 Å². The largest absolute Gasteiger partial charge is 0.380 e. The zero-order valence-corrected chi connectivity index (χ0v) is 12.1. The third-order valence-corrected chi connectivity index (χ3v) is 3.59. The van der Waals surface area contributed by atoms with Crippen molar-refractivity contribution in [2.45, 2.75) is 39.7 Å². The van der Waals surface area contributed by atoms with E-state index in [1.54, 1.807) is 5.92 Å². The average molecular weight is 458 g/mol. The number of nitrogens with zero attached hydrogens (tertiary/aromatic N) is 1. The minimum Gasteiger partial charge on any atom is -0.380 e. The maximum atomic E-state index is 5.41. The van der Waals surface area contributed by atoms with Gasteiger partial charge in [0.05, 0.1) is 13.2 Å². The Bertz CT molecular complexity index is 204. The number of hydrogen-bond donors (Lipinski definition) is 0. The van der Waals surface area contributed by atoms with E-state index in [1.165, 1.54) is 25.9 Å². The predicted molar refractivity (Wildman–Crippen MR) is 58.1 cm³/mol. The van der Waals surface area contributed by atoms with Gasteiger partial charge in [-0.25, -0.2) is 0 Å². The standard InChI is InChI=1S/C12H22NO.Lr/c1-10(2)13-5-4-11(3)6-12(7-13)8-14-9-12;/h10H,4-9H2,1-3H3;/q-1;. The van der Waals surface area contributed by atoms with Crippen LogP contribution in [0, 0.1) is 11.3 Å². The predicted octanol–water partition coefficient (Wildman–Crippen LogP) is 2.10. The summed E-state index contributed by atoms with van der Waals surface area (Å²) in [5.41, 5.74) is 0.477. The smallest absolute Gasteiger partial charge is 0.0532 e. The first-order valence-electron chi connectivity index (χ1n) is 5.74. The van der Waals surface area contributed by atoms with Gasteiger partial charge in [0, 0.05) is 18.0 Å². The Morgan fingerprint density at radius 3 is 2.47 bits per heavy atom. The van der Waals surface area contributed by atoms with Crippen LogP contribution < -0.4 is 0 Å². The van der Waals surface area contributed by atoms with E-state index in [2.05, 4.69) is 25.7 Å². The Morgan fingerprint density at radius 2 is 2.00 bits per heavy atom. The first-order valence-corrected chi connectivity index (χ1v) is 5.74. The van der Waals surface area contributed by atoms with Gasteiger partial charge in [0.2, 0.25) is 0 Å². The number of ether oxygens (including phenoxy) is 1. The van der Waals surface area contributed by atoms with Gasteiger partial charge in [-0.1, -0.05) is 0 Å². The van der Waals surface area contributed by atoms with Crippen LogP contribution in [0.25, 0.3) is 0 Å².